The number of hydrogen-bond donors (Lipinski definition) is 1. The molecular weight excluding hydrogens is 262 g/mol. The fourth-order valence-electron chi connectivity index (χ4n) is 2.15. The quantitative estimate of drug-likeness (QED) is 0.842. The standard InChI is InChI=1S/C18H21NO2/c1-4-21-18(20)17(19-16-8-6-5-7-9-16)15-11-10-13(2)14(3)12-15/h5-12,17,19H,4H2,1-3H3. The Morgan fingerprint density at radius 1 is 1.10 bits per heavy atom. The van der Waals surface area contributed by atoms with Crippen LogP contribution in [0.2, 0.25) is 0 Å². The first kappa shape index (κ1) is 15.1. The van der Waals surface area contributed by atoms with Crippen LogP contribution in [0.15, 0.2) is 48.5 Å². The molecule has 110 valence electrons. The molecule has 0 heterocycles. The van der Waals surface area contributed by atoms with E-state index in [1.807, 2.05) is 62.4 Å². The average molecular weight is 283 g/mol. The van der Waals surface area contributed by atoms with Crippen molar-refractivity contribution in [3.05, 3.63) is 65.2 Å². The first-order valence-electron chi connectivity index (χ1n) is 7.17. The summed E-state index contributed by atoms with van der Waals surface area (Å²) in [6.45, 7) is 6.29. The van der Waals surface area contributed by atoms with Gasteiger partial charge in [0.2, 0.25) is 0 Å². The van der Waals surface area contributed by atoms with Gasteiger partial charge in [-0.1, -0.05) is 36.4 Å². The summed E-state index contributed by atoms with van der Waals surface area (Å²) in [5.74, 6) is -0.260. The smallest absolute Gasteiger partial charge is 0.333 e. The van der Waals surface area contributed by atoms with Crippen molar-refractivity contribution < 1.29 is 9.53 Å². The van der Waals surface area contributed by atoms with Crippen molar-refractivity contribution in [2.45, 2.75) is 26.8 Å². The van der Waals surface area contributed by atoms with Crippen LogP contribution in [0, 0.1) is 13.8 Å². The van der Waals surface area contributed by atoms with E-state index in [1.165, 1.54) is 5.56 Å². The number of aryl methyl sites for hydroxylation is 2. The van der Waals surface area contributed by atoms with E-state index in [-0.39, 0.29) is 5.97 Å². The lowest BCUT2D eigenvalue weighted by molar-refractivity contribution is -0.144. The van der Waals surface area contributed by atoms with Crippen molar-refractivity contribution in [2.75, 3.05) is 11.9 Å². The third-order valence-corrected chi connectivity index (χ3v) is 3.47. The number of carbonyl (C=O) groups is 1. The van der Waals surface area contributed by atoms with Gasteiger partial charge < -0.3 is 10.1 Å². The Bertz CT molecular complexity index is 608. The minimum atomic E-state index is -0.494. The Balaban J connectivity index is 2.31. The zero-order valence-corrected chi connectivity index (χ0v) is 12.7. The van der Waals surface area contributed by atoms with E-state index in [0.717, 1.165) is 16.8 Å². The second-order valence-electron chi connectivity index (χ2n) is 5.04. The van der Waals surface area contributed by atoms with E-state index < -0.39 is 6.04 Å². The van der Waals surface area contributed by atoms with Gasteiger partial charge in [-0.15, -0.1) is 0 Å². The number of esters is 1. The number of ether oxygens (including phenoxy) is 1. The van der Waals surface area contributed by atoms with Gasteiger partial charge in [0.15, 0.2) is 6.04 Å². The van der Waals surface area contributed by atoms with Crippen LogP contribution in [-0.4, -0.2) is 12.6 Å². The molecule has 3 heteroatoms. The molecule has 21 heavy (non-hydrogen) atoms. The van der Waals surface area contributed by atoms with Crippen LogP contribution in [0.1, 0.15) is 29.7 Å². The molecule has 0 amide bonds. The van der Waals surface area contributed by atoms with Crippen molar-refractivity contribution in [3.63, 3.8) is 0 Å². The molecule has 1 atom stereocenters. The Kier molecular flexibility index (Phi) is 4.99. The molecule has 0 fully saturated rings. The molecule has 0 radical (unpaired) electrons. The number of rotatable bonds is 5. The number of nitrogens with one attached hydrogen (secondary N) is 1. The Hall–Kier alpha value is -2.29. The van der Waals surface area contributed by atoms with Gasteiger partial charge in [0.1, 0.15) is 0 Å². The summed E-state index contributed by atoms with van der Waals surface area (Å²) in [7, 11) is 0. The van der Waals surface area contributed by atoms with Crippen molar-refractivity contribution in [2.24, 2.45) is 0 Å². The first-order valence-corrected chi connectivity index (χ1v) is 7.17. The molecule has 2 rings (SSSR count). The number of carbonyl (C=O) groups excluding carboxylic acids is 1. The molecule has 0 saturated carbocycles. The first-order chi connectivity index (χ1) is 10.1. The third kappa shape index (κ3) is 3.85. The molecule has 0 saturated heterocycles. The summed E-state index contributed by atoms with van der Waals surface area (Å²) in [4.78, 5) is 12.3. The van der Waals surface area contributed by atoms with Gasteiger partial charge in [-0.05, 0) is 49.6 Å². The second kappa shape index (κ2) is 6.93. The van der Waals surface area contributed by atoms with Crippen LogP contribution >= 0.6 is 0 Å². The largest absolute Gasteiger partial charge is 0.464 e. The molecule has 1 unspecified atom stereocenters. The van der Waals surface area contributed by atoms with Crippen LogP contribution in [0.25, 0.3) is 0 Å². The molecule has 0 aliphatic heterocycles. The SMILES string of the molecule is CCOC(=O)C(Nc1ccccc1)c1ccc(C)c(C)c1. The fraction of sp³-hybridized carbons (Fsp3) is 0.278. The third-order valence-electron chi connectivity index (χ3n) is 3.47. The van der Waals surface area contributed by atoms with Crippen LogP contribution in [0.4, 0.5) is 5.69 Å². The van der Waals surface area contributed by atoms with E-state index in [2.05, 4.69) is 12.2 Å². The van der Waals surface area contributed by atoms with Gasteiger partial charge in [0.05, 0.1) is 6.61 Å². The molecule has 0 spiro atoms. The molecule has 3 nitrogen and oxygen atoms in total. The molecule has 2 aromatic rings. The van der Waals surface area contributed by atoms with E-state index in [4.69, 9.17) is 4.74 Å². The maximum absolute atomic E-state index is 12.3. The summed E-state index contributed by atoms with van der Waals surface area (Å²) < 4.78 is 5.20. The summed E-state index contributed by atoms with van der Waals surface area (Å²) in [5, 5.41) is 3.25. The molecule has 0 aromatic heterocycles. The summed E-state index contributed by atoms with van der Waals surface area (Å²) in [5.41, 5.74) is 4.19. The minimum absolute atomic E-state index is 0.260. The van der Waals surface area contributed by atoms with Gasteiger partial charge in [0, 0.05) is 5.69 Å². The number of hydrogen-bond acceptors (Lipinski definition) is 3. The van der Waals surface area contributed by atoms with E-state index >= 15 is 0 Å². The zero-order chi connectivity index (χ0) is 15.2. The second-order valence-corrected chi connectivity index (χ2v) is 5.04. The van der Waals surface area contributed by atoms with Crippen LogP contribution in [0.3, 0.4) is 0 Å². The fourth-order valence-corrected chi connectivity index (χ4v) is 2.15. The molecule has 0 aliphatic rings. The maximum atomic E-state index is 12.3. The lowest BCUT2D eigenvalue weighted by Crippen LogP contribution is -2.23. The van der Waals surface area contributed by atoms with E-state index in [0.29, 0.717) is 6.61 Å². The number of anilines is 1. The lowest BCUT2D eigenvalue weighted by Gasteiger charge is -2.19. The monoisotopic (exact) mass is 283 g/mol. The van der Waals surface area contributed by atoms with Crippen molar-refractivity contribution in [1.29, 1.82) is 0 Å². The van der Waals surface area contributed by atoms with Crippen molar-refractivity contribution in [1.82, 2.24) is 0 Å². The zero-order valence-electron chi connectivity index (χ0n) is 12.7. The predicted octanol–water partition coefficient (Wildman–Crippen LogP) is 4.02. The molecule has 0 aliphatic carbocycles. The van der Waals surface area contributed by atoms with Crippen LogP contribution in [0.5, 0.6) is 0 Å². The van der Waals surface area contributed by atoms with Gasteiger partial charge >= 0.3 is 5.97 Å². The molecular formula is C18H21NO2. The van der Waals surface area contributed by atoms with Gasteiger partial charge in [-0.3, -0.25) is 0 Å². The van der Waals surface area contributed by atoms with Crippen molar-refractivity contribution in [3.8, 4) is 0 Å². The number of para-hydroxylation sites is 1. The highest BCUT2D eigenvalue weighted by molar-refractivity contribution is 5.81. The van der Waals surface area contributed by atoms with Crippen LogP contribution in [-0.2, 0) is 9.53 Å². The Morgan fingerprint density at radius 2 is 1.81 bits per heavy atom. The van der Waals surface area contributed by atoms with Gasteiger partial charge in [-0.2, -0.15) is 0 Å². The van der Waals surface area contributed by atoms with E-state index in [9.17, 15) is 4.79 Å². The van der Waals surface area contributed by atoms with Crippen molar-refractivity contribution >= 4 is 11.7 Å². The highest BCUT2D eigenvalue weighted by atomic mass is 16.5. The maximum Gasteiger partial charge on any atom is 0.333 e. The normalized spacial score (nSPS) is 11.8. The number of benzene rings is 2. The highest BCUT2D eigenvalue weighted by Gasteiger charge is 2.22. The average Bonchev–Trinajstić information content (AvgIpc) is 2.49. The lowest BCUT2D eigenvalue weighted by atomic mass is 10.0. The molecule has 1 N–H and O–H groups in total. The van der Waals surface area contributed by atoms with E-state index in [1.54, 1.807) is 0 Å². The minimum Gasteiger partial charge on any atom is -0.464 e. The topological polar surface area (TPSA) is 38.3 Å². The highest BCUT2D eigenvalue weighted by Crippen LogP contribution is 2.23. The predicted molar refractivity (Wildman–Crippen MR) is 85.4 cm³/mol. The Morgan fingerprint density at radius 3 is 2.43 bits per heavy atom. The molecule has 0 bridgehead atoms. The van der Waals surface area contributed by atoms with Gasteiger partial charge in [0.25, 0.3) is 0 Å². The van der Waals surface area contributed by atoms with Gasteiger partial charge in [-0.25, -0.2) is 4.79 Å². The summed E-state index contributed by atoms with van der Waals surface area (Å²) in [6.07, 6.45) is 0. The summed E-state index contributed by atoms with van der Waals surface area (Å²) in [6, 6.07) is 15.2. The Labute approximate surface area is 126 Å². The van der Waals surface area contributed by atoms with Crippen LogP contribution < -0.4 is 5.32 Å². The molecule has 2 aromatic carbocycles. The summed E-state index contributed by atoms with van der Waals surface area (Å²) >= 11 is 0.